The zero-order valence-electron chi connectivity index (χ0n) is 9.87. The summed E-state index contributed by atoms with van der Waals surface area (Å²) in [5.74, 6) is 1.22. The van der Waals surface area contributed by atoms with Crippen molar-refractivity contribution in [3.8, 4) is 0 Å². The molecular weight excluding hydrogens is 208 g/mol. The van der Waals surface area contributed by atoms with Crippen molar-refractivity contribution in [2.75, 3.05) is 31.7 Å². The molecule has 0 rings (SSSR count). The first-order chi connectivity index (χ1) is 7.35. The van der Waals surface area contributed by atoms with Crippen molar-refractivity contribution in [3.63, 3.8) is 0 Å². The summed E-state index contributed by atoms with van der Waals surface area (Å²) < 4.78 is 0. The summed E-state index contributed by atoms with van der Waals surface area (Å²) in [5.41, 5.74) is 5.69. The second kappa shape index (κ2) is 12.3. The quantitative estimate of drug-likeness (QED) is 0.470. The summed E-state index contributed by atoms with van der Waals surface area (Å²) in [6.07, 6.45) is 7.72. The lowest BCUT2D eigenvalue weighted by Gasteiger charge is -2.16. The van der Waals surface area contributed by atoms with Gasteiger partial charge in [0, 0.05) is 19.2 Å². The summed E-state index contributed by atoms with van der Waals surface area (Å²) in [5, 5.41) is 12.1. The number of thioether (sulfide) groups is 1. The van der Waals surface area contributed by atoms with Crippen LogP contribution in [0.15, 0.2) is 0 Å². The minimum Gasteiger partial charge on any atom is -0.396 e. The van der Waals surface area contributed by atoms with Gasteiger partial charge in [-0.15, -0.1) is 0 Å². The first kappa shape index (κ1) is 15.2. The molecule has 1 atom stereocenters. The summed E-state index contributed by atoms with van der Waals surface area (Å²) in [6.45, 7) is 2.07. The Balaban J connectivity index is 3.28. The van der Waals surface area contributed by atoms with Crippen molar-refractivity contribution in [3.05, 3.63) is 0 Å². The molecule has 0 amide bonds. The molecule has 4 N–H and O–H groups in total. The van der Waals surface area contributed by atoms with E-state index in [0.29, 0.717) is 12.6 Å². The highest BCUT2D eigenvalue weighted by atomic mass is 32.2. The molecule has 0 fully saturated rings. The van der Waals surface area contributed by atoms with E-state index in [1.165, 1.54) is 18.6 Å². The SMILES string of the molecule is CSCCCC(CN)NCCCCCO. The van der Waals surface area contributed by atoms with E-state index in [1.54, 1.807) is 0 Å². The van der Waals surface area contributed by atoms with E-state index in [9.17, 15) is 0 Å². The van der Waals surface area contributed by atoms with Crippen molar-refractivity contribution in [1.29, 1.82) is 0 Å². The van der Waals surface area contributed by atoms with Gasteiger partial charge < -0.3 is 16.2 Å². The smallest absolute Gasteiger partial charge is 0.0431 e. The molecule has 0 aromatic rings. The predicted octanol–water partition coefficient (Wildman–Crippen LogP) is 1.21. The van der Waals surface area contributed by atoms with Crippen LogP contribution in [0.4, 0.5) is 0 Å². The van der Waals surface area contributed by atoms with Crippen molar-refractivity contribution in [2.24, 2.45) is 5.73 Å². The van der Waals surface area contributed by atoms with Crippen molar-refractivity contribution >= 4 is 11.8 Å². The van der Waals surface area contributed by atoms with Crippen LogP contribution in [0.3, 0.4) is 0 Å². The average Bonchev–Trinajstić information content (AvgIpc) is 2.26. The lowest BCUT2D eigenvalue weighted by atomic mass is 10.1. The topological polar surface area (TPSA) is 58.3 Å². The fourth-order valence-electron chi connectivity index (χ4n) is 1.50. The largest absolute Gasteiger partial charge is 0.396 e. The maximum Gasteiger partial charge on any atom is 0.0431 e. The molecule has 0 bridgehead atoms. The third-order valence-corrected chi connectivity index (χ3v) is 3.15. The molecule has 0 saturated carbocycles. The molecule has 1 unspecified atom stereocenters. The van der Waals surface area contributed by atoms with E-state index in [0.717, 1.165) is 32.4 Å². The summed E-state index contributed by atoms with van der Waals surface area (Å²) >= 11 is 1.89. The first-order valence-corrected chi connectivity index (χ1v) is 7.27. The second-order valence-electron chi connectivity index (χ2n) is 3.81. The van der Waals surface area contributed by atoms with Gasteiger partial charge in [-0.3, -0.25) is 0 Å². The molecule has 4 heteroatoms. The van der Waals surface area contributed by atoms with Crippen molar-refractivity contribution < 1.29 is 5.11 Å². The molecule has 0 radical (unpaired) electrons. The van der Waals surface area contributed by atoms with E-state index in [4.69, 9.17) is 10.8 Å². The fraction of sp³-hybridized carbons (Fsp3) is 1.00. The van der Waals surface area contributed by atoms with E-state index in [2.05, 4.69) is 11.6 Å². The Kier molecular flexibility index (Phi) is 12.5. The van der Waals surface area contributed by atoms with Crippen LogP contribution in [0.1, 0.15) is 32.1 Å². The lowest BCUT2D eigenvalue weighted by Crippen LogP contribution is -2.36. The van der Waals surface area contributed by atoms with Crippen LogP contribution >= 0.6 is 11.8 Å². The van der Waals surface area contributed by atoms with Crippen LogP contribution in [-0.2, 0) is 0 Å². The van der Waals surface area contributed by atoms with Gasteiger partial charge in [-0.2, -0.15) is 11.8 Å². The zero-order valence-corrected chi connectivity index (χ0v) is 10.7. The minimum absolute atomic E-state index is 0.314. The molecular formula is C11H26N2OS. The Bertz CT molecular complexity index is 125. The van der Waals surface area contributed by atoms with E-state index in [1.807, 2.05) is 11.8 Å². The number of hydrogen-bond acceptors (Lipinski definition) is 4. The first-order valence-electron chi connectivity index (χ1n) is 5.88. The van der Waals surface area contributed by atoms with Gasteiger partial charge in [0.1, 0.15) is 0 Å². The number of unbranched alkanes of at least 4 members (excludes halogenated alkanes) is 2. The molecule has 3 nitrogen and oxygen atoms in total. The summed E-state index contributed by atoms with van der Waals surface area (Å²) in [7, 11) is 0. The van der Waals surface area contributed by atoms with Gasteiger partial charge in [-0.05, 0) is 50.7 Å². The average molecular weight is 234 g/mol. The normalized spacial score (nSPS) is 13.0. The van der Waals surface area contributed by atoms with Crippen LogP contribution in [-0.4, -0.2) is 42.9 Å². The molecule has 0 heterocycles. The molecule has 0 saturated heterocycles. The fourth-order valence-corrected chi connectivity index (χ4v) is 1.95. The highest BCUT2D eigenvalue weighted by Crippen LogP contribution is 2.02. The van der Waals surface area contributed by atoms with Crippen LogP contribution < -0.4 is 11.1 Å². The monoisotopic (exact) mass is 234 g/mol. The molecule has 0 aromatic carbocycles. The number of hydrogen-bond donors (Lipinski definition) is 3. The Morgan fingerprint density at radius 1 is 1.27 bits per heavy atom. The predicted molar refractivity (Wildman–Crippen MR) is 69.4 cm³/mol. The van der Waals surface area contributed by atoms with Gasteiger partial charge in [0.2, 0.25) is 0 Å². The molecule has 0 spiro atoms. The molecule has 92 valence electrons. The van der Waals surface area contributed by atoms with Gasteiger partial charge in [0.05, 0.1) is 0 Å². The molecule has 0 aliphatic rings. The maximum absolute atomic E-state index is 8.62. The Morgan fingerprint density at radius 3 is 2.67 bits per heavy atom. The van der Waals surface area contributed by atoms with Crippen LogP contribution in [0.5, 0.6) is 0 Å². The standard InChI is InChI=1S/C11H26N2OS/c1-15-9-5-6-11(10-12)13-7-3-2-4-8-14/h11,13-14H,2-10,12H2,1H3. The van der Waals surface area contributed by atoms with Crippen molar-refractivity contribution in [2.45, 2.75) is 38.1 Å². The van der Waals surface area contributed by atoms with Gasteiger partial charge in [-0.25, -0.2) is 0 Å². The summed E-state index contributed by atoms with van der Waals surface area (Å²) in [6, 6.07) is 0.478. The lowest BCUT2D eigenvalue weighted by molar-refractivity contribution is 0.282. The number of aliphatic hydroxyl groups is 1. The highest BCUT2D eigenvalue weighted by molar-refractivity contribution is 7.98. The van der Waals surface area contributed by atoms with Gasteiger partial charge >= 0.3 is 0 Å². The Hall–Kier alpha value is 0.230. The zero-order chi connectivity index (χ0) is 11.4. The Morgan fingerprint density at radius 2 is 2.07 bits per heavy atom. The molecule has 0 aromatic heterocycles. The van der Waals surface area contributed by atoms with Crippen LogP contribution in [0.2, 0.25) is 0 Å². The van der Waals surface area contributed by atoms with Crippen LogP contribution in [0.25, 0.3) is 0 Å². The van der Waals surface area contributed by atoms with Crippen LogP contribution in [0, 0.1) is 0 Å². The van der Waals surface area contributed by atoms with E-state index < -0.39 is 0 Å². The maximum atomic E-state index is 8.62. The van der Waals surface area contributed by atoms with Gasteiger partial charge in [0.15, 0.2) is 0 Å². The van der Waals surface area contributed by atoms with E-state index >= 15 is 0 Å². The minimum atomic E-state index is 0.314. The van der Waals surface area contributed by atoms with Crippen molar-refractivity contribution in [1.82, 2.24) is 5.32 Å². The third-order valence-electron chi connectivity index (χ3n) is 2.45. The van der Waals surface area contributed by atoms with Gasteiger partial charge in [-0.1, -0.05) is 0 Å². The second-order valence-corrected chi connectivity index (χ2v) is 4.79. The summed E-state index contributed by atoms with van der Waals surface area (Å²) in [4.78, 5) is 0. The number of rotatable bonds is 11. The number of aliphatic hydroxyl groups excluding tert-OH is 1. The molecule has 15 heavy (non-hydrogen) atoms. The number of nitrogens with two attached hydrogens (primary N) is 1. The number of nitrogens with one attached hydrogen (secondary N) is 1. The molecule has 0 aliphatic carbocycles. The Labute approximate surface area is 98.2 Å². The highest BCUT2D eigenvalue weighted by Gasteiger charge is 2.04. The molecule has 0 aliphatic heterocycles. The van der Waals surface area contributed by atoms with E-state index in [-0.39, 0.29) is 0 Å². The van der Waals surface area contributed by atoms with Gasteiger partial charge in [0.25, 0.3) is 0 Å². The third kappa shape index (κ3) is 10.5.